The van der Waals surface area contributed by atoms with Gasteiger partial charge in [-0.3, -0.25) is 9.59 Å². The number of allylic oxidation sites excluding steroid dienone is 5. The normalized spacial score (nSPS) is 12.8. The highest BCUT2D eigenvalue weighted by Gasteiger charge is 2.18. The maximum absolute atomic E-state index is 12.5. The van der Waals surface area contributed by atoms with Crippen LogP contribution in [0.15, 0.2) is 36.5 Å². The van der Waals surface area contributed by atoms with Gasteiger partial charge in [0.05, 0.1) is 25.4 Å². The lowest BCUT2D eigenvalue weighted by Gasteiger charge is -2.20. The zero-order valence-corrected chi connectivity index (χ0v) is 49.1. The van der Waals surface area contributed by atoms with Crippen molar-refractivity contribution in [3.8, 4) is 0 Å². The molecule has 6 heteroatoms. The lowest BCUT2D eigenvalue weighted by Crippen LogP contribution is -2.45. The quantitative estimate of drug-likeness (QED) is 0.0320. The number of hydrogen-bond donors (Lipinski definition) is 3. The Morgan fingerprint density at radius 2 is 0.699 bits per heavy atom. The highest BCUT2D eigenvalue weighted by Crippen LogP contribution is 2.18. The number of esters is 1. The average molecular weight is 1030 g/mol. The number of carbonyl (C=O) groups excluding carboxylic acids is 2. The smallest absolute Gasteiger partial charge is 0.305 e. The summed E-state index contributed by atoms with van der Waals surface area (Å²) in [5.74, 6) is -0.0671. The van der Waals surface area contributed by atoms with E-state index in [0.717, 1.165) is 51.4 Å². The number of ether oxygens (including phenoxy) is 1. The van der Waals surface area contributed by atoms with Crippen LogP contribution in [0.1, 0.15) is 354 Å². The van der Waals surface area contributed by atoms with Gasteiger partial charge in [0, 0.05) is 12.8 Å². The van der Waals surface area contributed by atoms with Crippen LogP contribution in [0.2, 0.25) is 0 Å². The number of rotatable bonds is 61. The molecule has 3 N–H and O–H groups in total. The number of nitrogens with one attached hydrogen (secondary N) is 1. The van der Waals surface area contributed by atoms with Crippen molar-refractivity contribution in [2.45, 2.75) is 366 Å². The fourth-order valence-corrected chi connectivity index (χ4v) is 10.1. The second-order valence-corrected chi connectivity index (χ2v) is 22.5. The monoisotopic (exact) mass is 1030 g/mol. The van der Waals surface area contributed by atoms with E-state index in [0.29, 0.717) is 19.4 Å². The van der Waals surface area contributed by atoms with Crippen molar-refractivity contribution in [1.82, 2.24) is 5.32 Å². The molecule has 0 rings (SSSR count). The van der Waals surface area contributed by atoms with Crippen LogP contribution >= 0.6 is 0 Å². The third kappa shape index (κ3) is 59.2. The third-order valence-electron chi connectivity index (χ3n) is 15.2. The van der Waals surface area contributed by atoms with Gasteiger partial charge in [-0.15, -0.1) is 0 Å². The van der Waals surface area contributed by atoms with Gasteiger partial charge in [0.2, 0.25) is 5.91 Å². The molecule has 2 atom stereocenters. The summed E-state index contributed by atoms with van der Waals surface area (Å²) in [6.45, 7) is 4.88. The van der Waals surface area contributed by atoms with E-state index in [1.54, 1.807) is 6.08 Å². The molecule has 0 heterocycles. The van der Waals surface area contributed by atoms with E-state index < -0.39 is 12.1 Å². The van der Waals surface area contributed by atoms with E-state index >= 15 is 0 Å². The molecule has 0 aliphatic carbocycles. The first kappa shape index (κ1) is 71.1. The highest BCUT2D eigenvalue weighted by molar-refractivity contribution is 5.76. The molecule has 0 aromatic carbocycles. The number of amides is 1. The van der Waals surface area contributed by atoms with Crippen LogP contribution in [-0.2, 0) is 14.3 Å². The van der Waals surface area contributed by atoms with Crippen molar-refractivity contribution in [1.29, 1.82) is 0 Å². The summed E-state index contributed by atoms with van der Waals surface area (Å²) in [5.41, 5.74) is 0. The SMILES string of the molecule is CCCC/C=C\C/C=C\CCCCCCCC(=O)OCCCCCCCCCCCCCCCCCCCCCCCCC(=O)NC(CO)C(O)/C=C/CCCCCCCCCCCCCCCCCCCC. The number of unbranched alkanes of at least 4 members (excludes halogenated alkanes) is 46. The summed E-state index contributed by atoms with van der Waals surface area (Å²) in [4.78, 5) is 24.6. The Kier molecular flexibility index (Phi) is 61.0. The molecule has 0 aliphatic rings. The molecule has 0 saturated heterocycles. The van der Waals surface area contributed by atoms with Crippen molar-refractivity contribution < 1.29 is 24.5 Å². The van der Waals surface area contributed by atoms with E-state index in [2.05, 4.69) is 43.5 Å². The predicted octanol–water partition coefficient (Wildman–Crippen LogP) is 20.8. The first-order valence-electron chi connectivity index (χ1n) is 32.8. The van der Waals surface area contributed by atoms with Gasteiger partial charge in [-0.2, -0.15) is 0 Å². The van der Waals surface area contributed by atoms with Crippen molar-refractivity contribution >= 4 is 11.9 Å². The Hall–Kier alpha value is -1.92. The van der Waals surface area contributed by atoms with Crippen LogP contribution in [0.3, 0.4) is 0 Å². The van der Waals surface area contributed by atoms with Crippen LogP contribution < -0.4 is 5.32 Å². The van der Waals surface area contributed by atoms with Crippen molar-refractivity contribution in [2.75, 3.05) is 13.2 Å². The average Bonchev–Trinajstić information content (AvgIpc) is 3.39. The second kappa shape index (κ2) is 62.6. The van der Waals surface area contributed by atoms with Gasteiger partial charge in [-0.25, -0.2) is 0 Å². The van der Waals surface area contributed by atoms with Crippen molar-refractivity contribution in [3.63, 3.8) is 0 Å². The van der Waals surface area contributed by atoms with Crippen molar-refractivity contribution in [3.05, 3.63) is 36.5 Å². The summed E-state index contributed by atoms with van der Waals surface area (Å²) in [7, 11) is 0. The Labute approximate surface area is 455 Å². The zero-order chi connectivity index (χ0) is 52.9. The maximum Gasteiger partial charge on any atom is 0.305 e. The molecule has 2 unspecified atom stereocenters. The van der Waals surface area contributed by atoms with Crippen molar-refractivity contribution in [2.24, 2.45) is 0 Å². The third-order valence-corrected chi connectivity index (χ3v) is 15.2. The van der Waals surface area contributed by atoms with Gasteiger partial charge in [-0.1, -0.05) is 320 Å². The summed E-state index contributed by atoms with van der Waals surface area (Å²) in [6, 6.07) is -0.629. The van der Waals surface area contributed by atoms with E-state index in [1.807, 2.05) is 6.08 Å². The fourth-order valence-electron chi connectivity index (χ4n) is 10.1. The fraction of sp³-hybridized carbons (Fsp3) is 0.881. The largest absolute Gasteiger partial charge is 0.466 e. The molecule has 0 fully saturated rings. The van der Waals surface area contributed by atoms with Crippen LogP contribution in [0.5, 0.6) is 0 Å². The topological polar surface area (TPSA) is 95.9 Å². The Morgan fingerprint density at radius 1 is 0.384 bits per heavy atom. The van der Waals surface area contributed by atoms with Gasteiger partial charge >= 0.3 is 5.97 Å². The summed E-state index contributed by atoms with van der Waals surface area (Å²) >= 11 is 0. The standard InChI is InChI=1S/C67H127NO5/c1-3-5-7-9-11-13-15-17-19-20-21-26-29-32-35-39-43-47-51-55-59-65(70)64(63-69)68-66(71)60-56-52-48-44-40-36-33-30-27-24-22-23-25-28-31-34-38-42-46-50-54-58-62-73-67(72)61-57-53-49-45-41-37-18-16-14-12-10-8-6-4-2/h10,12,16,18,55,59,64-65,69-70H,3-9,11,13-15,17,19-54,56-58,60-63H2,1-2H3,(H,68,71)/b12-10-,18-16-,59-55+. The Balaban J connectivity index is 3.42. The van der Waals surface area contributed by atoms with Crippen LogP contribution in [0.4, 0.5) is 0 Å². The summed E-state index contributed by atoms with van der Waals surface area (Å²) in [6.07, 6.45) is 79.1. The zero-order valence-electron chi connectivity index (χ0n) is 49.1. The van der Waals surface area contributed by atoms with Crippen LogP contribution in [0, 0.1) is 0 Å². The Bertz CT molecular complexity index is 1180. The second-order valence-electron chi connectivity index (χ2n) is 22.5. The minimum atomic E-state index is -0.846. The highest BCUT2D eigenvalue weighted by atomic mass is 16.5. The molecule has 6 nitrogen and oxygen atoms in total. The first-order valence-corrected chi connectivity index (χ1v) is 32.8. The van der Waals surface area contributed by atoms with Crippen LogP contribution in [-0.4, -0.2) is 47.4 Å². The molecule has 1 amide bonds. The van der Waals surface area contributed by atoms with Gasteiger partial charge < -0.3 is 20.3 Å². The molecule has 430 valence electrons. The lowest BCUT2D eigenvalue weighted by molar-refractivity contribution is -0.143. The Morgan fingerprint density at radius 3 is 1.08 bits per heavy atom. The first-order chi connectivity index (χ1) is 36.0. The minimum Gasteiger partial charge on any atom is -0.466 e. The maximum atomic E-state index is 12.5. The van der Waals surface area contributed by atoms with Crippen LogP contribution in [0.25, 0.3) is 0 Å². The van der Waals surface area contributed by atoms with E-state index in [1.165, 1.54) is 276 Å². The molecule has 0 aromatic heterocycles. The molecule has 0 radical (unpaired) electrons. The number of carbonyl (C=O) groups is 2. The summed E-state index contributed by atoms with van der Waals surface area (Å²) < 4.78 is 5.48. The van der Waals surface area contributed by atoms with E-state index in [4.69, 9.17) is 4.74 Å². The van der Waals surface area contributed by atoms with Gasteiger partial charge in [0.15, 0.2) is 0 Å². The molecule has 0 bridgehead atoms. The molecule has 0 aliphatic heterocycles. The van der Waals surface area contributed by atoms with Gasteiger partial charge in [-0.05, 0) is 57.8 Å². The molecular weight excluding hydrogens is 899 g/mol. The predicted molar refractivity (Wildman–Crippen MR) is 319 cm³/mol. The molecule has 0 aromatic rings. The molecule has 0 spiro atoms. The van der Waals surface area contributed by atoms with Gasteiger partial charge in [0.1, 0.15) is 0 Å². The molecule has 73 heavy (non-hydrogen) atoms. The molecule has 0 saturated carbocycles. The van der Waals surface area contributed by atoms with E-state index in [9.17, 15) is 19.8 Å². The number of aliphatic hydroxyl groups is 2. The number of hydrogen-bond acceptors (Lipinski definition) is 5. The minimum absolute atomic E-state index is 0.00167. The van der Waals surface area contributed by atoms with Gasteiger partial charge in [0.25, 0.3) is 0 Å². The lowest BCUT2D eigenvalue weighted by atomic mass is 10.0. The molecular formula is C67H127NO5. The summed E-state index contributed by atoms with van der Waals surface area (Å²) in [5, 5.41) is 23.2. The number of aliphatic hydroxyl groups excluding tert-OH is 2. The van der Waals surface area contributed by atoms with E-state index in [-0.39, 0.29) is 18.5 Å².